The fourth-order valence-corrected chi connectivity index (χ4v) is 3.61. The third-order valence-corrected chi connectivity index (χ3v) is 5.40. The van der Waals surface area contributed by atoms with E-state index in [-0.39, 0.29) is 0 Å². The average Bonchev–Trinajstić information content (AvgIpc) is 2.64. The van der Waals surface area contributed by atoms with Crippen LogP contribution < -0.4 is 4.74 Å². The number of halogens is 1. The number of hydrogen-bond donors (Lipinski definition) is 4. The van der Waals surface area contributed by atoms with E-state index in [1.165, 1.54) is 6.92 Å². The van der Waals surface area contributed by atoms with Crippen LogP contribution in [0.25, 0.3) is 11.1 Å². The summed E-state index contributed by atoms with van der Waals surface area (Å²) in [6.45, 7) is 4.65. The molecular weight excluding hydrogens is 384 g/mol. The third kappa shape index (κ3) is 3.89. The fraction of sp³-hybridized carbons (Fsp3) is 0.429. The highest BCUT2D eigenvalue weighted by Gasteiger charge is 2.53. The van der Waals surface area contributed by atoms with Gasteiger partial charge in [-0.3, -0.25) is 0 Å². The van der Waals surface area contributed by atoms with Crippen LogP contribution in [0.15, 0.2) is 36.4 Å². The molecule has 0 saturated carbocycles. The van der Waals surface area contributed by atoms with Gasteiger partial charge in [0, 0.05) is 5.02 Å². The molecule has 1 aliphatic heterocycles. The first kappa shape index (κ1) is 21.0. The lowest BCUT2D eigenvalue weighted by Crippen LogP contribution is -2.66. The van der Waals surface area contributed by atoms with Gasteiger partial charge in [-0.1, -0.05) is 23.7 Å². The Bertz CT molecular complexity index is 853. The zero-order valence-electron chi connectivity index (χ0n) is 16.0. The molecular formula is C21H25ClO6. The summed E-state index contributed by atoms with van der Waals surface area (Å²) in [7, 11) is 0. The Morgan fingerprint density at radius 3 is 2.43 bits per heavy atom. The molecule has 28 heavy (non-hydrogen) atoms. The summed E-state index contributed by atoms with van der Waals surface area (Å²) in [5.41, 5.74) is 2.01. The summed E-state index contributed by atoms with van der Waals surface area (Å²) in [4.78, 5) is 0. The Kier molecular flexibility index (Phi) is 6.00. The molecule has 0 bridgehead atoms. The van der Waals surface area contributed by atoms with Gasteiger partial charge in [0.25, 0.3) is 0 Å². The molecule has 5 atom stereocenters. The Morgan fingerprint density at radius 1 is 1.11 bits per heavy atom. The van der Waals surface area contributed by atoms with Gasteiger partial charge in [-0.15, -0.1) is 0 Å². The van der Waals surface area contributed by atoms with Gasteiger partial charge in [-0.05, 0) is 67.3 Å². The van der Waals surface area contributed by atoms with E-state index >= 15 is 0 Å². The molecule has 1 saturated heterocycles. The summed E-state index contributed by atoms with van der Waals surface area (Å²) in [6.07, 6.45) is -5.27. The van der Waals surface area contributed by atoms with E-state index in [0.717, 1.165) is 22.3 Å². The van der Waals surface area contributed by atoms with Crippen LogP contribution in [0.5, 0.6) is 5.75 Å². The fourth-order valence-electron chi connectivity index (χ4n) is 3.38. The van der Waals surface area contributed by atoms with E-state index in [0.29, 0.717) is 10.8 Å². The zero-order valence-corrected chi connectivity index (χ0v) is 16.7. The van der Waals surface area contributed by atoms with E-state index in [4.69, 9.17) is 21.1 Å². The first-order valence-electron chi connectivity index (χ1n) is 9.03. The van der Waals surface area contributed by atoms with E-state index in [1.807, 2.05) is 44.2 Å². The lowest BCUT2D eigenvalue weighted by atomic mass is 9.88. The molecule has 1 fully saturated rings. The molecule has 0 radical (unpaired) electrons. The predicted molar refractivity (Wildman–Crippen MR) is 105 cm³/mol. The second-order valence-electron chi connectivity index (χ2n) is 7.41. The van der Waals surface area contributed by atoms with Crippen LogP contribution in [0, 0.1) is 13.8 Å². The van der Waals surface area contributed by atoms with E-state index in [1.54, 1.807) is 6.07 Å². The number of benzene rings is 2. The normalized spacial score (nSPS) is 30.3. The molecule has 6 nitrogen and oxygen atoms in total. The van der Waals surface area contributed by atoms with Gasteiger partial charge in [-0.25, -0.2) is 0 Å². The second kappa shape index (κ2) is 7.99. The maximum Gasteiger partial charge on any atom is 0.231 e. The van der Waals surface area contributed by atoms with Crippen molar-refractivity contribution in [2.24, 2.45) is 0 Å². The molecule has 0 amide bonds. The van der Waals surface area contributed by atoms with E-state index < -0.39 is 36.8 Å². The van der Waals surface area contributed by atoms with Crippen molar-refractivity contribution in [3.63, 3.8) is 0 Å². The molecule has 4 N–H and O–H groups in total. The smallest absolute Gasteiger partial charge is 0.231 e. The molecule has 0 aliphatic carbocycles. The van der Waals surface area contributed by atoms with E-state index in [2.05, 4.69) is 0 Å². The van der Waals surface area contributed by atoms with Crippen LogP contribution in [-0.2, 0) is 4.74 Å². The number of aryl methyl sites for hydroxylation is 2. The van der Waals surface area contributed by atoms with Crippen molar-refractivity contribution in [3.8, 4) is 16.9 Å². The van der Waals surface area contributed by atoms with Gasteiger partial charge in [0.05, 0.1) is 6.61 Å². The topological polar surface area (TPSA) is 99.4 Å². The SMILES string of the molecule is Cc1cc(-c2ccc(Cl)cc2C)ccc1O[C@H]1O[C@H](CO)[C@@H](O)[C@H](O)[C@]1(C)O. The van der Waals surface area contributed by atoms with Crippen molar-refractivity contribution in [2.75, 3.05) is 6.61 Å². The van der Waals surface area contributed by atoms with Gasteiger partial charge >= 0.3 is 0 Å². The number of ether oxygens (including phenoxy) is 2. The summed E-state index contributed by atoms with van der Waals surface area (Å²) in [6, 6.07) is 11.3. The molecule has 3 rings (SSSR count). The second-order valence-corrected chi connectivity index (χ2v) is 7.84. The Hall–Kier alpha value is -1.67. The third-order valence-electron chi connectivity index (χ3n) is 5.17. The van der Waals surface area contributed by atoms with Crippen LogP contribution in [-0.4, -0.2) is 57.2 Å². The van der Waals surface area contributed by atoms with E-state index in [9.17, 15) is 20.4 Å². The van der Waals surface area contributed by atoms with Crippen LogP contribution in [0.3, 0.4) is 0 Å². The Morgan fingerprint density at radius 2 is 1.82 bits per heavy atom. The number of aliphatic hydroxyl groups excluding tert-OH is 3. The number of rotatable bonds is 4. The lowest BCUT2D eigenvalue weighted by molar-refractivity contribution is -0.314. The maximum absolute atomic E-state index is 10.6. The Labute approximate surface area is 168 Å². The highest BCUT2D eigenvalue weighted by Crippen LogP contribution is 2.34. The summed E-state index contributed by atoms with van der Waals surface area (Å²) >= 11 is 6.03. The highest BCUT2D eigenvalue weighted by atomic mass is 35.5. The molecule has 2 aromatic rings. The number of hydrogen-bond acceptors (Lipinski definition) is 6. The molecule has 2 aromatic carbocycles. The van der Waals surface area contributed by atoms with Crippen molar-refractivity contribution < 1.29 is 29.9 Å². The molecule has 1 heterocycles. The van der Waals surface area contributed by atoms with Crippen LogP contribution in [0.4, 0.5) is 0 Å². The quantitative estimate of drug-likeness (QED) is 0.619. The largest absolute Gasteiger partial charge is 0.461 e. The maximum atomic E-state index is 10.6. The number of aliphatic hydroxyl groups is 4. The van der Waals surface area contributed by atoms with Gasteiger partial charge in [0.1, 0.15) is 24.1 Å². The zero-order chi connectivity index (χ0) is 20.6. The molecule has 1 aliphatic rings. The lowest BCUT2D eigenvalue weighted by Gasteiger charge is -2.45. The summed E-state index contributed by atoms with van der Waals surface area (Å²) < 4.78 is 11.3. The van der Waals surface area contributed by atoms with Crippen molar-refractivity contribution in [2.45, 2.75) is 51.0 Å². The first-order valence-corrected chi connectivity index (χ1v) is 9.41. The first-order chi connectivity index (χ1) is 13.1. The van der Waals surface area contributed by atoms with Crippen molar-refractivity contribution >= 4 is 11.6 Å². The van der Waals surface area contributed by atoms with Gasteiger partial charge < -0.3 is 29.9 Å². The average molecular weight is 409 g/mol. The minimum Gasteiger partial charge on any atom is -0.461 e. The Balaban J connectivity index is 1.86. The minimum atomic E-state index is -1.86. The molecule has 152 valence electrons. The van der Waals surface area contributed by atoms with Crippen LogP contribution in [0.2, 0.25) is 5.02 Å². The minimum absolute atomic E-state index is 0.459. The summed E-state index contributed by atoms with van der Waals surface area (Å²) in [5.74, 6) is 0.459. The van der Waals surface area contributed by atoms with Crippen molar-refractivity contribution in [3.05, 3.63) is 52.5 Å². The standard InChI is InChI=1S/C21H25ClO6/c1-11-9-14(22)5-6-15(11)13-4-7-16(12(2)8-13)27-20-21(3,26)19(25)18(24)17(10-23)28-20/h4-9,17-20,23-26H,10H2,1-3H3/t17-,18-,19+,20+,21+/m1/s1. The monoisotopic (exact) mass is 408 g/mol. The van der Waals surface area contributed by atoms with Gasteiger partial charge in [0.2, 0.25) is 6.29 Å². The van der Waals surface area contributed by atoms with Crippen LogP contribution >= 0.6 is 11.6 Å². The van der Waals surface area contributed by atoms with Crippen molar-refractivity contribution in [1.29, 1.82) is 0 Å². The summed E-state index contributed by atoms with van der Waals surface area (Å²) in [5, 5.41) is 40.8. The highest BCUT2D eigenvalue weighted by molar-refractivity contribution is 6.30. The predicted octanol–water partition coefficient (Wildman–Crippen LogP) is 2.19. The van der Waals surface area contributed by atoms with Crippen molar-refractivity contribution in [1.82, 2.24) is 0 Å². The molecule has 0 spiro atoms. The molecule has 0 unspecified atom stereocenters. The molecule has 0 aromatic heterocycles. The van der Waals surface area contributed by atoms with Gasteiger partial charge in [0.15, 0.2) is 5.60 Å². The van der Waals surface area contributed by atoms with Crippen LogP contribution in [0.1, 0.15) is 18.1 Å². The van der Waals surface area contributed by atoms with Gasteiger partial charge in [-0.2, -0.15) is 0 Å². The molecule has 7 heteroatoms.